The molecule has 2 aliphatic rings. The molecule has 2 heterocycles. The summed E-state index contributed by atoms with van der Waals surface area (Å²) in [7, 11) is 0. The Balaban J connectivity index is 1.24. The van der Waals surface area contributed by atoms with Crippen LogP contribution in [0.5, 0.6) is 5.75 Å². The lowest BCUT2D eigenvalue weighted by Gasteiger charge is -2.42. The molecule has 2 fully saturated rings. The molecule has 0 aromatic heterocycles. The number of anilines is 1. The monoisotopic (exact) mass is 457 g/mol. The minimum atomic E-state index is -0.108. The zero-order valence-electron chi connectivity index (χ0n) is 18.6. The molecule has 7 heteroatoms. The van der Waals surface area contributed by atoms with E-state index in [2.05, 4.69) is 27.2 Å². The first-order chi connectivity index (χ1) is 15.6. The number of carbonyl (C=O) groups excluding carboxylic acids is 1. The molecule has 0 saturated carbocycles. The highest BCUT2D eigenvalue weighted by molar-refractivity contribution is 6.30. The van der Waals surface area contributed by atoms with Gasteiger partial charge in [-0.15, -0.1) is 0 Å². The van der Waals surface area contributed by atoms with Crippen molar-refractivity contribution in [2.45, 2.75) is 38.5 Å². The number of carbonyl (C=O) groups is 1. The molecule has 1 unspecified atom stereocenters. The molecular weight excluding hydrogens is 426 g/mol. The number of hydrogen-bond acceptors (Lipinski definition) is 5. The third-order valence-corrected chi connectivity index (χ3v) is 6.44. The van der Waals surface area contributed by atoms with Crippen molar-refractivity contribution in [2.75, 3.05) is 44.7 Å². The van der Waals surface area contributed by atoms with Crippen molar-refractivity contribution in [1.29, 1.82) is 0 Å². The largest absolute Gasteiger partial charge is 0.489 e. The molecule has 1 N–H and O–H groups in total. The van der Waals surface area contributed by atoms with Gasteiger partial charge in [0, 0.05) is 37.6 Å². The highest BCUT2D eigenvalue weighted by atomic mass is 35.5. The van der Waals surface area contributed by atoms with Crippen molar-refractivity contribution in [2.24, 2.45) is 0 Å². The lowest BCUT2D eigenvalue weighted by atomic mass is 10.0. The van der Waals surface area contributed by atoms with E-state index < -0.39 is 0 Å². The molecule has 2 saturated heterocycles. The first-order valence-electron chi connectivity index (χ1n) is 11.4. The van der Waals surface area contributed by atoms with Gasteiger partial charge in [0.2, 0.25) is 5.91 Å². The van der Waals surface area contributed by atoms with E-state index >= 15 is 0 Å². The lowest BCUT2D eigenvalue weighted by Crippen LogP contribution is -2.52. The average molecular weight is 458 g/mol. The molecule has 0 aliphatic carbocycles. The van der Waals surface area contributed by atoms with Crippen LogP contribution in [0, 0.1) is 0 Å². The number of piperidine rings is 1. The number of likely N-dealkylation sites (tertiary alicyclic amines) is 1. The predicted molar refractivity (Wildman–Crippen MR) is 127 cm³/mol. The summed E-state index contributed by atoms with van der Waals surface area (Å²) in [6.45, 7) is 7.75. The molecule has 32 heavy (non-hydrogen) atoms. The maximum atomic E-state index is 11.4. The summed E-state index contributed by atoms with van der Waals surface area (Å²) in [6.07, 6.45) is 2.38. The van der Waals surface area contributed by atoms with Crippen molar-refractivity contribution in [3.8, 4) is 5.75 Å². The average Bonchev–Trinajstić information content (AvgIpc) is 2.80. The summed E-state index contributed by atoms with van der Waals surface area (Å²) in [5, 5.41) is 3.61. The highest BCUT2D eigenvalue weighted by Gasteiger charge is 2.29. The molecule has 172 valence electrons. The fraction of sp³-hybridized carbons (Fsp3) is 0.480. The maximum Gasteiger partial charge on any atom is 0.221 e. The fourth-order valence-corrected chi connectivity index (χ4v) is 4.66. The smallest absolute Gasteiger partial charge is 0.221 e. The van der Waals surface area contributed by atoms with Gasteiger partial charge in [-0.25, -0.2) is 0 Å². The number of para-hydroxylation sites is 2. The number of nitrogens with zero attached hydrogens (tertiary/aromatic N) is 2. The number of morpholine rings is 1. The van der Waals surface area contributed by atoms with Crippen LogP contribution in [0.2, 0.25) is 5.02 Å². The number of nitrogens with one attached hydrogen (secondary N) is 1. The molecule has 0 bridgehead atoms. The standard InChI is InChI=1S/C25H32ClN3O3/c1-19(30)27-24-4-2-3-5-25(24)32-18-23-17-29(14-15-31-23)22-10-12-28(13-11-22)16-20-6-8-21(26)9-7-20/h2-9,22-23H,10-18H2,1H3,(H,27,30). The Labute approximate surface area is 195 Å². The molecule has 2 aromatic rings. The second kappa shape index (κ2) is 11.1. The second-order valence-corrected chi connectivity index (χ2v) is 9.05. The van der Waals surface area contributed by atoms with Crippen LogP contribution in [-0.2, 0) is 16.1 Å². The van der Waals surface area contributed by atoms with Crippen molar-refractivity contribution in [3.05, 3.63) is 59.1 Å². The van der Waals surface area contributed by atoms with E-state index in [1.807, 2.05) is 36.4 Å². The second-order valence-electron chi connectivity index (χ2n) is 8.61. The molecule has 1 amide bonds. The predicted octanol–water partition coefficient (Wildman–Crippen LogP) is 4.04. The zero-order chi connectivity index (χ0) is 22.3. The summed E-state index contributed by atoms with van der Waals surface area (Å²) in [4.78, 5) is 16.5. The molecule has 1 atom stereocenters. The van der Waals surface area contributed by atoms with E-state index in [9.17, 15) is 4.79 Å². The molecular formula is C25H32ClN3O3. The molecule has 6 nitrogen and oxygen atoms in total. The van der Waals surface area contributed by atoms with Crippen molar-refractivity contribution in [1.82, 2.24) is 9.80 Å². The van der Waals surface area contributed by atoms with E-state index in [0.717, 1.165) is 44.4 Å². The SMILES string of the molecule is CC(=O)Nc1ccccc1OCC1CN(C2CCN(Cc3ccc(Cl)cc3)CC2)CCO1. The Hall–Kier alpha value is -2.12. The Bertz CT molecular complexity index is 884. The number of rotatable bonds is 7. The first-order valence-corrected chi connectivity index (χ1v) is 11.8. The van der Waals surface area contributed by atoms with Gasteiger partial charge < -0.3 is 14.8 Å². The van der Waals surface area contributed by atoms with Crippen LogP contribution in [0.3, 0.4) is 0 Å². The molecule has 2 aliphatic heterocycles. The summed E-state index contributed by atoms with van der Waals surface area (Å²) < 4.78 is 12.0. The van der Waals surface area contributed by atoms with Gasteiger partial charge in [0.25, 0.3) is 0 Å². The normalized spacial score (nSPS) is 20.8. The Morgan fingerprint density at radius 2 is 1.88 bits per heavy atom. The quantitative estimate of drug-likeness (QED) is 0.680. The van der Waals surface area contributed by atoms with Gasteiger partial charge in [-0.05, 0) is 55.8 Å². The van der Waals surface area contributed by atoms with E-state index in [4.69, 9.17) is 21.1 Å². The zero-order valence-corrected chi connectivity index (χ0v) is 19.4. The van der Waals surface area contributed by atoms with Crippen molar-refractivity contribution >= 4 is 23.2 Å². The summed E-state index contributed by atoms with van der Waals surface area (Å²) >= 11 is 6.00. The summed E-state index contributed by atoms with van der Waals surface area (Å²) in [5.74, 6) is 0.572. The van der Waals surface area contributed by atoms with Crippen LogP contribution in [0.25, 0.3) is 0 Å². The topological polar surface area (TPSA) is 54.0 Å². The van der Waals surface area contributed by atoms with Crippen LogP contribution in [-0.4, -0.2) is 67.2 Å². The van der Waals surface area contributed by atoms with Crippen LogP contribution < -0.4 is 10.1 Å². The van der Waals surface area contributed by atoms with Gasteiger partial charge in [-0.1, -0.05) is 35.9 Å². The van der Waals surface area contributed by atoms with E-state index in [1.54, 1.807) is 0 Å². The lowest BCUT2D eigenvalue weighted by molar-refractivity contribution is -0.114. The van der Waals surface area contributed by atoms with Gasteiger partial charge in [0.15, 0.2) is 0 Å². The summed E-state index contributed by atoms with van der Waals surface area (Å²) in [5.41, 5.74) is 2.01. The number of hydrogen-bond donors (Lipinski definition) is 1. The van der Waals surface area contributed by atoms with Crippen LogP contribution >= 0.6 is 11.6 Å². The number of ether oxygens (including phenoxy) is 2. The third-order valence-electron chi connectivity index (χ3n) is 6.19. The molecule has 0 spiro atoms. The Morgan fingerprint density at radius 1 is 1.12 bits per heavy atom. The van der Waals surface area contributed by atoms with Gasteiger partial charge in [-0.2, -0.15) is 0 Å². The fourth-order valence-electron chi connectivity index (χ4n) is 4.53. The van der Waals surface area contributed by atoms with Crippen LogP contribution in [0.1, 0.15) is 25.3 Å². The number of benzene rings is 2. The molecule has 0 radical (unpaired) electrons. The van der Waals surface area contributed by atoms with Crippen molar-refractivity contribution in [3.63, 3.8) is 0 Å². The van der Waals surface area contributed by atoms with Crippen LogP contribution in [0.15, 0.2) is 48.5 Å². The minimum absolute atomic E-state index is 0.0289. The van der Waals surface area contributed by atoms with E-state index in [1.165, 1.54) is 25.3 Å². The third kappa shape index (κ3) is 6.45. The van der Waals surface area contributed by atoms with Gasteiger partial charge in [0.05, 0.1) is 12.3 Å². The minimum Gasteiger partial charge on any atom is -0.489 e. The number of amides is 1. The van der Waals surface area contributed by atoms with Crippen LogP contribution in [0.4, 0.5) is 5.69 Å². The van der Waals surface area contributed by atoms with E-state index in [0.29, 0.717) is 24.1 Å². The molecule has 4 rings (SSSR count). The Kier molecular flexibility index (Phi) is 8.03. The summed E-state index contributed by atoms with van der Waals surface area (Å²) in [6, 6.07) is 16.3. The van der Waals surface area contributed by atoms with E-state index in [-0.39, 0.29) is 12.0 Å². The van der Waals surface area contributed by atoms with Gasteiger partial charge in [-0.3, -0.25) is 14.6 Å². The number of halogens is 1. The first kappa shape index (κ1) is 23.1. The highest BCUT2D eigenvalue weighted by Crippen LogP contribution is 2.25. The van der Waals surface area contributed by atoms with Gasteiger partial charge in [0.1, 0.15) is 18.5 Å². The van der Waals surface area contributed by atoms with Gasteiger partial charge >= 0.3 is 0 Å². The Morgan fingerprint density at radius 3 is 2.62 bits per heavy atom. The van der Waals surface area contributed by atoms with Crippen molar-refractivity contribution < 1.29 is 14.3 Å². The maximum absolute atomic E-state index is 11.4. The molecule has 2 aromatic carbocycles.